The first kappa shape index (κ1) is 12.2. The molecule has 0 saturated carbocycles. The van der Waals surface area contributed by atoms with Crippen molar-refractivity contribution in [2.75, 3.05) is 14.1 Å². The summed E-state index contributed by atoms with van der Waals surface area (Å²) in [6.07, 6.45) is 6.38. The molecule has 0 saturated heterocycles. The van der Waals surface area contributed by atoms with Crippen molar-refractivity contribution >= 4 is 5.78 Å². The predicted octanol–water partition coefficient (Wildman–Crippen LogP) is 2.60. The molecule has 0 fully saturated rings. The van der Waals surface area contributed by atoms with Crippen LogP contribution in [0.2, 0.25) is 0 Å². The number of nitrogens with zero attached hydrogens (tertiary/aromatic N) is 1. The number of hydrogen-bond acceptors (Lipinski definition) is 2. The predicted molar refractivity (Wildman–Crippen MR) is 56.6 cm³/mol. The Kier molecular flexibility index (Phi) is 6.29. The van der Waals surface area contributed by atoms with E-state index in [0.717, 1.165) is 18.4 Å². The molecule has 0 bridgehead atoms. The van der Waals surface area contributed by atoms with Crippen LogP contribution in [0.4, 0.5) is 0 Å². The van der Waals surface area contributed by atoms with Crippen LogP contribution in [-0.4, -0.2) is 24.8 Å². The van der Waals surface area contributed by atoms with Gasteiger partial charge in [0.25, 0.3) is 0 Å². The average Bonchev–Trinajstić information content (AvgIpc) is 2.02. The van der Waals surface area contributed by atoms with E-state index in [1.54, 1.807) is 6.92 Å². The molecule has 0 spiro atoms. The third-order valence-electron chi connectivity index (χ3n) is 1.92. The Morgan fingerprint density at radius 2 is 1.92 bits per heavy atom. The summed E-state index contributed by atoms with van der Waals surface area (Å²) in [5, 5.41) is 0. The van der Waals surface area contributed by atoms with Gasteiger partial charge in [0.2, 0.25) is 0 Å². The quantitative estimate of drug-likeness (QED) is 0.466. The van der Waals surface area contributed by atoms with Gasteiger partial charge in [0.15, 0.2) is 5.78 Å². The van der Waals surface area contributed by atoms with Crippen LogP contribution in [0.25, 0.3) is 0 Å². The number of hydrogen-bond donors (Lipinski definition) is 0. The van der Waals surface area contributed by atoms with Crippen molar-refractivity contribution in [3.05, 3.63) is 11.8 Å². The number of allylic oxidation sites excluding steroid dienone is 1. The van der Waals surface area contributed by atoms with Gasteiger partial charge in [-0.2, -0.15) is 0 Å². The van der Waals surface area contributed by atoms with E-state index >= 15 is 0 Å². The molecule has 0 aromatic heterocycles. The van der Waals surface area contributed by atoms with Gasteiger partial charge in [-0.25, -0.2) is 0 Å². The fourth-order valence-electron chi connectivity index (χ4n) is 1.21. The Bertz CT molecular complexity index is 183. The molecule has 0 aromatic carbocycles. The van der Waals surface area contributed by atoms with Crippen LogP contribution >= 0.6 is 0 Å². The molecule has 2 nitrogen and oxygen atoms in total. The molecule has 0 rings (SSSR count). The van der Waals surface area contributed by atoms with Gasteiger partial charge in [0, 0.05) is 25.9 Å². The Morgan fingerprint density at radius 3 is 2.31 bits per heavy atom. The third kappa shape index (κ3) is 6.38. The molecular formula is C11H21NO. The average molecular weight is 183 g/mol. The Morgan fingerprint density at radius 1 is 1.31 bits per heavy atom. The maximum Gasteiger partial charge on any atom is 0.157 e. The molecular weight excluding hydrogens is 162 g/mol. The molecule has 0 N–H and O–H groups in total. The fraction of sp³-hybridized carbons (Fsp3) is 0.727. The molecule has 76 valence electrons. The molecule has 0 aromatic rings. The van der Waals surface area contributed by atoms with Gasteiger partial charge in [-0.1, -0.05) is 19.8 Å². The van der Waals surface area contributed by atoms with Crippen molar-refractivity contribution in [3.63, 3.8) is 0 Å². The molecule has 0 aliphatic rings. The number of carbonyl (C=O) groups excluding carboxylic acids is 1. The summed E-state index contributed by atoms with van der Waals surface area (Å²) < 4.78 is 0. The summed E-state index contributed by atoms with van der Waals surface area (Å²) in [5.41, 5.74) is 0.943. The Labute approximate surface area is 81.6 Å². The van der Waals surface area contributed by atoms with Gasteiger partial charge in [-0.05, 0) is 19.8 Å². The zero-order valence-electron chi connectivity index (χ0n) is 9.26. The zero-order valence-corrected chi connectivity index (χ0v) is 9.26. The smallest absolute Gasteiger partial charge is 0.157 e. The van der Waals surface area contributed by atoms with E-state index in [9.17, 15) is 4.79 Å². The van der Waals surface area contributed by atoms with Crippen LogP contribution in [0.3, 0.4) is 0 Å². The van der Waals surface area contributed by atoms with E-state index in [1.807, 2.05) is 25.2 Å². The van der Waals surface area contributed by atoms with Crippen molar-refractivity contribution < 1.29 is 4.79 Å². The number of Topliss-reactive ketones (excluding diaryl/α,β-unsaturated/α-hetero) is 1. The molecule has 2 heteroatoms. The monoisotopic (exact) mass is 183 g/mol. The minimum Gasteiger partial charge on any atom is -0.383 e. The summed E-state index contributed by atoms with van der Waals surface area (Å²) >= 11 is 0. The molecule has 13 heavy (non-hydrogen) atoms. The van der Waals surface area contributed by atoms with Crippen molar-refractivity contribution in [1.29, 1.82) is 0 Å². The summed E-state index contributed by atoms with van der Waals surface area (Å²) in [6, 6.07) is 0. The molecule has 0 heterocycles. The molecule has 0 aliphatic carbocycles. The van der Waals surface area contributed by atoms with E-state index in [4.69, 9.17) is 0 Å². The topological polar surface area (TPSA) is 20.3 Å². The van der Waals surface area contributed by atoms with Crippen molar-refractivity contribution in [2.45, 2.75) is 39.5 Å². The highest BCUT2D eigenvalue weighted by Gasteiger charge is 2.03. The lowest BCUT2D eigenvalue weighted by atomic mass is 10.1. The van der Waals surface area contributed by atoms with Gasteiger partial charge in [-0.15, -0.1) is 0 Å². The molecule has 0 atom stereocenters. The van der Waals surface area contributed by atoms with Crippen LogP contribution in [0.5, 0.6) is 0 Å². The summed E-state index contributed by atoms with van der Waals surface area (Å²) in [7, 11) is 3.89. The van der Waals surface area contributed by atoms with Crippen LogP contribution in [0.1, 0.15) is 39.5 Å². The highest BCUT2D eigenvalue weighted by atomic mass is 16.1. The van der Waals surface area contributed by atoms with Gasteiger partial charge in [0.1, 0.15) is 0 Å². The Hall–Kier alpha value is -0.790. The second-order valence-electron chi connectivity index (χ2n) is 3.63. The second kappa shape index (κ2) is 6.70. The van der Waals surface area contributed by atoms with Crippen molar-refractivity contribution in [3.8, 4) is 0 Å². The Balaban J connectivity index is 4.03. The lowest BCUT2D eigenvalue weighted by molar-refractivity contribution is -0.113. The lowest BCUT2D eigenvalue weighted by Gasteiger charge is -2.09. The minimum absolute atomic E-state index is 0.199. The van der Waals surface area contributed by atoms with E-state index < -0.39 is 0 Å². The van der Waals surface area contributed by atoms with E-state index in [-0.39, 0.29) is 5.78 Å². The third-order valence-corrected chi connectivity index (χ3v) is 1.92. The van der Waals surface area contributed by atoms with E-state index in [0.29, 0.717) is 0 Å². The van der Waals surface area contributed by atoms with Crippen LogP contribution in [0.15, 0.2) is 11.8 Å². The van der Waals surface area contributed by atoms with Crippen molar-refractivity contribution in [1.82, 2.24) is 4.90 Å². The molecule has 0 amide bonds. The maximum atomic E-state index is 11.2. The second-order valence-corrected chi connectivity index (χ2v) is 3.63. The van der Waals surface area contributed by atoms with Gasteiger partial charge in [-0.3, -0.25) is 4.79 Å². The lowest BCUT2D eigenvalue weighted by Crippen LogP contribution is -2.07. The highest BCUT2D eigenvalue weighted by molar-refractivity contribution is 5.93. The van der Waals surface area contributed by atoms with Crippen LogP contribution in [0, 0.1) is 0 Å². The number of ketones is 1. The van der Waals surface area contributed by atoms with Crippen LogP contribution in [-0.2, 0) is 4.79 Å². The highest BCUT2D eigenvalue weighted by Crippen LogP contribution is 2.10. The fourth-order valence-corrected chi connectivity index (χ4v) is 1.21. The SMILES string of the molecule is CCCCC/C(=C\N(C)C)C(C)=O. The molecule has 0 aliphatic heterocycles. The van der Waals surface area contributed by atoms with E-state index in [2.05, 4.69) is 6.92 Å². The largest absolute Gasteiger partial charge is 0.383 e. The van der Waals surface area contributed by atoms with Crippen molar-refractivity contribution in [2.24, 2.45) is 0 Å². The van der Waals surface area contributed by atoms with Gasteiger partial charge < -0.3 is 4.90 Å². The first-order chi connectivity index (χ1) is 6.07. The van der Waals surface area contributed by atoms with E-state index in [1.165, 1.54) is 12.8 Å². The molecule has 0 unspecified atom stereocenters. The standard InChI is InChI=1S/C11H21NO/c1-5-6-7-8-11(10(2)13)9-12(3)4/h9H,5-8H2,1-4H3/b11-9+. The first-order valence-electron chi connectivity index (χ1n) is 4.96. The summed E-state index contributed by atoms with van der Waals surface area (Å²) in [4.78, 5) is 13.1. The normalized spacial score (nSPS) is 11.5. The number of rotatable bonds is 6. The number of unbranched alkanes of at least 4 members (excludes halogenated alkanes) is 2. The molecule has 0 radical (unpaired) electrons. The first-order valence-corrected chi connectivity index (χ1v) is 4.96. The summed E-state index contributed by atoms with van der Waals surface area (Å²) in [6.45, 7) is 3.81. The minimum atomic E-state index is 0.199. The maximum absolute atomic E-state index is 11.2. The van der Waals surface area contributed by atoms with Crippen LogP contribution < -0.4 is 0 Å². The number of carbonyl (C=O) groups is 1. The summed E-state index contributed by atoms with van der Waals surface area (Å²) in [5.74, 6) is 0.199. The van der Waals surface area contributed by atoms with Gasteiger partial charge in [0.05, 0.1) is 0 Å². The van der Waals surface area contributed by atoms with Gasteiger partial charge >= 0.3 is 0 Å². The zero-order chi connectivity index (χ0) is 10.3.